The van der Waals surface area contributed by atoms with Crippen molar-refractivity contribution in [3.63, 3.8) is 0 Å². The molecule has 0 bridgehead atoms. The van der Waals surface area contributed by atoms with Crippen LogP contribution in [0.4, 0.5) is 0 Å². The van der Waals surface area contributed by atoms with Crippen molar-refractivity contribution in [3.05, 3.63) is 138 Å². The van der Waals surface area contributed by atoms with Crippen LogP contribution in [0.1, 0.15) is 66.7 Å². The molecule has 5 heteroatoms. The normalized spacial score (nSPS) is 14.0. The zero-order valence-corrected chi connectivity index (χ0v) is 27.1. The van der Waals surface area contributed by atoms with Gasteiger partial charge < -0.3 is 15.0 Å². The van der Waals surface area contributed by atoms with E-state index < -0.39 is 0 Å². The fourth-order valence-electron chi connectivity index (χ4n) is 6.79. The highest BCUT2D eigenvalue weighted by Crippen LogP contribution is 2.41. The van der Waals surface area contributed by atoms with Gasteiger partial charge in [0.1, 0.15) is 5.75 Å². The van der Waals surface area contributed by atoms with Gasteiger partial charge in [-0.25, -0.2) is 0 Å². The van der Waals surface area contributed by atoms with Crippen molar-refractivity contribution in [1.82, 2.24) is 10.2 Å². The number of methoxy groups -OCH3 is 1. The number of hydrogen-bond acceptors (Lipinski definition) is 3. The summed E-state index contributed by atoms with van der Waals surface area (Å²) in [5, 5.41) is 3.69. The van der Waals surface area contributed by atoms with Gasteiger partial charge in [0, 0.05) is 17.5 Å². The first-order chi connectivity index (χ1) is 20.3. The van der Waals surface area contributed by atoms with E-state index >= 15 is 0 Å². The molecule has 0 unspecified atom stereocenters. The van der Waals surface area contributed by atoms with Crippen molar-refractivity contribution >= 4 is 24.8 Å². The first kappa shape index (κ1) is 34.7. The molecule has 43 heavy (non-hydrogen) atoms. The molecule has 1 heterocycles. The molecule has 5 rings (SSSR count). The molecule has 1 saturated heterocycles. The van der Waals surface area contributed by atoms with Crippen LogP contribution in [0.15, 0.2) is 115 Å². The second-order valence-electron chi connectivity index (χ2n) is 11.5. The number of para-hydroxylation sites is 1. The standard InChI is InChI=1S/C38H46N2O.2ClH/c1-41-37-22-12-11-17-34(37)31-39-27-13-25-38(35-18-7-3-8-19-35,36-20-9-4-10-21-36)26-14-28-40-29-23-33(24-30-40)32-15-5-2-6-16-32;;/h2-12,15-22,33,39H,13-14,23-31H2,1H3;2*1H. The van der Waals surface area contributed by atoms with E-state index in [0.29, 0.717) is 5.92 Å². The summed E-state index contributed by atoms with van der Waals surface area (Å²) in [6.07, 6.45) is 7.13. The summed E-state index contributed by atoms with van der Waals surface area (Å²) in [4.78, 5) is 2.70. The first-order valence-corrected chi connectivity index (χ1v) is 15.5. The summed E-state index contributed by atoms with van der Waals surface area (Å²) < 4.78 is 5.55. The van der Waals surface area contributed by atoms with E-state index in [1.807, 2.05) is 12.1 Å². The van der Waals surface area contributed by atoms with E-state index in [1.165, 1.54) is 61.2 Å². The Hall–Kier alpha value is -2.82. The summed E-state index contributed by atoms with van der Waals surface area (Å²) in [6.45, 7) is 5.39. The van der Waals surface area contributed by atoms with Crippen LogP contribution in [-0.2, 0) is 12.0 Å². The Labute approximate surface area is 271 Å². The van der Waals surface area contributed by atoms with E-state index in [0.717, 1.165) is 38.1 Å². The molecule has 0 atom stereocenters. The van der Waals surface area contributed by atoms with Crippen molar-refractivity contribution in [2.24, 2.45) is 0 Å². The summed E-state index contributed by atoms with van der Waals surface area (Å²) in [5.41, 5.74) is 5.62. The lowest BCUT2D eigenvalue weighted by molar-refractivity contribution is 0.203. The molecule has 1 fully saturated rings. The maximum absolute atomic E-state index is 5.55. The molecule has 1 aliphatic rings. The highest BCUT2D eigenvalue weighted by Gasteiger charge is 2.33. The molecule has 0 spiro atoms. The quantitative estimate of drug-likeness (QED) is 0.143. The molecule has 3 nitrogen and oxygen atoms in total. The van der Waals surface area contributed by atoms with Crippen molar-refractivity contribution in [2.45, 2.75) is 56.4 Å². The van der Waals surface area contributed by atoms with Gasteiger partial charge in [0.25, 0.3) is 0 Å². The molecule has 230 valence electrons. The number of piperidine rings is 1. The van der Waals surface area contributed by atoms with Gasteiger partial charge in [-0.1, -0.05) is 109 Å². The van der Waals surface area contributed by atoms with Gasteiger partial charge in [0.2, 0.25) is 0 Å². The topological polar surface area (TPSA) is 24.5 Å². The van der Waals surface area contributed by atoms with Crippen molar-refractivity contribution < 1.29 is 4.74 Å². The van der Waals surface area contributed by atoms with Crippen molar-refractivity contribution in [1.29, 1.82) is 0 Å². The van der Waals surface area contributed by atoms with Gasteiger partial charge in [0.05, 0.1) is 7.11 Å². The fraction of sp³-hybridized carbons (Fsp3) is 0.368. The predicted molar refractivity (Wildman–Crippen MR) is 186 cm³/mol. The molecule has 0 aromatic heterocycles. The maximum Gasteiger partial charge on any atom is 0.123 e. The molecule has 4 aromatic carbocycles. The van der Waals surface area contributed by atoms with Gasteiger partial charge in [-0.15, -0.1) is 24.8 Å². The van der Waals surface area contributed by atoms with Crippen molar-refractivity contribution in [2.75, 3.05) is 33.3 Å². The van der Waals surface area contributed by atoms with Crippen LogP contribution in [0.25, 0.3) is 0 Å². The average Bonchev–Trinajstić information content (AvgIpc) is 3.05. The number of nitrogens with zero attached hydrogens (tertiary/aromatic N) is 1. The van der Waals surface area contributed by atoms with Crippen LogP contribution < -0.4 is 10.1 Å². The monoisotopic (exact) mass is 618 g/mol. The lowest BCUT2D eigenvalue weighted by Crippen LogP contribution is -2.35. The van der Waals surface area contributed by atoms with Gasteiger partial charge >= 0.3 is 0 Å². The largest absolute Gasteiger partial charge is 0.496 e. The number of rotatable bonds is 14. The molecule has 0 aliphatic carbocycles. The lowest BCUT2D eigenvalue weighted by atomic mass is 9.68. The Kier molecular flexibility index (Phi) is 14.6. The average molecular weight is 620 g/mol. The van der Waals surface area contributed by atoms with E-state index in [-0.39, 0.29) is 30.2 Å². The van der Waals surface area contributed by atoms with Crippen LogP contribution in [0.5, 0.6) is 5.75 Å². The van der Waals surface area contributed by atoms with Crippen LogP contribution >= 0.6 is 24.8 Å². The van der Waals surface area contributed by atoms with Gasteiger partial charge in [0.15, 0.2) is 0 Å². The fourth-order valence-corrected chi connectivity index (χ4v) is 6.79. The number of nitrogens with one attached hydrogen (secondary N) is 1. The van der Waals surface area contributed by atoms with Crippen molar-refractivity contribution in [3.8, 4) is 5.75 Å². The van der Waals surface area contributed by atoms with Crippen LogP contribution in [0, 0.1) is 0 Å². The van der Waals surface area contributed by atoms with Gasteiger partial charge in [-0.05, 0) is 93.4 Å². The molecule has 0 amide bonds. The molecule has 1 N–H and O–H groups in total. The second-order valence-corrected chi connectivity index (χ2v) is 11.5. The summed E-state index contributed by atoms with van der Waals surface area (Å²) in [6, 6.07) is 41.9. The zero-order chi connectivity index (χ0) is 28.2. The summed E-state index contributed by atoms with van der Waals surface area (Å²) in [5.74, 6) is 1.67. The number of benzene rings is 4. The van der Waals surface area contributed by atoms with Gasteiger partial charge in [-0.3, -0.25) is 0 Å². The number of halogens is 2. The summed E-state index contributed by atoms with van der Waals surface area (Å²) in [7, 11) is 1.75. The number of hydrogen-bond donors (Lipinski definition) is 1. The number of likely N-dealkylation sites (tertiary alicyclic amines) is 1. The number of ether oxygens (including phenoxy) is 1. The Balaban J connectivity index is 0.00000253. The Morgan fingerprint density at radius 2 is 1.23 bits per heavy atom. The minimum atomic E-state index is 0. The third-order valence-corrected chi connectivity index (χ3v) is 9.05. The van der Waals surface area contributed by atoms with E-state index in [2.05, 4.69) is 113 Å². The second kappa shape index (κ2) is 18.1. The Morgan fingerprint density at radius 1 is 0.698 bits per heavy atom. The molecule has 0 radical (unpaired) electrons. The highest BCUT2D eigenvalue weighted by molar-refractivity contribution is 5.85. The van der Waals surface area contributed by atoms with Crippen LogP contribution in [0.2, 0.25) is 0 Å². The van der Waals surface area contributed by atoms with Crippen LogP contribution in [-0.4, -0.2) is 38.2 Å². The highest BCUT2D eigenvalue weighted by atomic mass is 35.5. The molecule has 1 aliphatic heterocycles. The zero-order valence-electron chi connectivity index (χ0n) is 25.5. The van der Waals surface area contributed by atoms with Crippen LogP contribution in [0.3, 0.4) is 0 Å². The third-order valence-electron chi connectivity index (χ3n) is 9.05. The molecular formula is C38H48Cl2N2O. The lowest BCUT2D eigenvalue weighted by Gasteiger charge is -2.37. The minimum absolute atomic E-state index is 0. The molecule has 0 saturated carbocycles. The van der Waals surface area contributed by atoms with E-state index in [1.54, 1.807) is 7.11 Å². The smallest absolute Gasteiger partial charge is 0.123 e. The van der Waals surface area contributed by atoms with E-state index in [4.69, 9.17) is 4.74 Å². The Morgan fingerprint density at radius 3 is 1.84 bits per heavy atom. The van der Waals surface area contributed by atoms with E-state index in [9.17, 15) is 0 Å². The predicted octanol–water partition coefficient (Wildman–Crippen LogP) is 9.05. The minimum Gasteiger partial charge on any atom is -0.496 e. The third kappa shape index (κ3) is 9.33. The van der Waals surface area contributed by atoms with Gasteiger partial charge in [-0.2, -0.15) is 0 Å². The first-order valence-electron chi connectivity index (χ1n) is 15.5. The maximum atomic E-state index is 5.55. The SMILES string of the molecule is COc1ccccc1CNCCCC(CCCN1CCC(c2ccccc2)CC1)(c1ccccc1)c1ccccc1.Cl.Cl. The molecular weight excluding hydrogens is 571 g/mol. The summed E-state index contributed by atoms with van der Waals surface area (Å²) >= 11 is 0. The Bertz CT molecular complexity index is 1260. The molecule has 4 aromatic rings.